The molecule has 2 rings (SSSR count). The highest BCUT2D eigenvalue weighted by Crippen LogP contribution is 2.60. The highest BCUT2D eigenvalue weighted by Gasteiger charge is 2.67. The zero-order valence-corrected chi connectivity index (χ0v) is 7.51. The van der Waals surface area contributed by atoms with Gasteiger partial charge in [0.15, 0.2) is 0 Å². The molecule has 0 aromatic heterocycles. The predicted octanol–water partition coefficient (Wildman–Crippen LogP) is 2.54. The molecule has 1 heterocycles. The van der Waals surface area contributed by atoms with E-state index < -0.39 is 9.39 Å². The maximum absolute atomic E-state index is 5.73. The van der Waals surface area contributed by atoms with Crippen LogP contribution in [-0.4, -0.2) is 16.0 Å². The average molecular weight is 201 g/mol. The molecule has 4 heteroatoms. The third-order valence-electron chi connectivity index (χ3n) is 2.17. The summed E-state index contributed by atoms with van der Waals surface area (Å²) in [4.78, 5) is 0. The van der Waals surface area contributed by atoms with Crippen molar-refractivity contribution in [2.45, 2.75) is 22.2 Å². The lowest BCUT2D eigenvalue weighted by atomic mass is 10.1. The molecule has 0 N–H and O–H groups in total. The van der Waals surface area contributed by atoms with E-state index in [-0.39, 0.29) is 0 Å². The summed E-state index contributed by atoms with van der Waals surface area (Å²) in [5, 5.41) is 0. The SMILES string of the molecule is ClC(Cl)(Cl)[C@]1(C2CC2)CO1. The van der Waals surface area contributed by atoms with Gasteiger partial charge in [0.2, 0.25) is 3.79 Å². The van der Waals surface area contributed by atoms with Crippen molar-refractivity contribution in [1.82, 2.24) is 0 Å². The van der Waals surface area contributed by atoms with Crippen molar-refractivity contribution in [2.24, 2.45) is 5.92 Å². The van der Waals surface area contributed by atoms with Gasteiger partial charge in [-0.3, -0.25) is 0 Å². The molecule has 0 bridgehead atoms. The summed E-state index contributed by atoms with van der Waals surface area (Å²) in [7, 11) is 0. The molecular weight excluding hydrogens is 194 g/mol. The van der Waals surface area contributed by atoms with Crippen molar-refractivity contribution in [3.05, 3.63) is 0 Å². The van der Waals surface area contributed by atoms with Crippen LogP contribution in [0.4, 0.5) is 0 Å². The first-order valence-corrected chi connectivity index (χ1v) is 4.40. The molecule has 2 aliphatic rings. The molecule has 1 nitrogen and oxygen atoms in total. The fraction of sp³-hybridized carbons (Fsp3) is 1.00. The summed E-state index contributed by atoms with van der Waals surface area (Å²) in [5.74, 6) is 0.500. The molecule has 0 aromatic rings. The number of hydrogen-bond acceptors (Lipinski definition) is 1. The van der Waals surface area contributed by atoms with Crippen molar-refractivity contribution < 1.29 is 4.74 Å². The molecule has 2 fully saturated rings. The second-order valence-electron chi connectivity index (χ2n) is 2.95. The van der Waals surface area contributed by atoms with E-state index in [1.165, 1.54) is 0 Å². The monoisotopic (exact) mass is 200 g/mol. The Morgan fingerprint density at radius 1 is 1.30 bits per heavy atom. The van der Waals surface area contributed by atoms with Crippen LogP contribution in [0.2, 0.25) is 0 Å². The molecule has 0 unspecified atom stereocenters. The first kappa shape index (κ1) is 7.48. The van der Waals surface area contributed by atoms with Crippen LogP contribution in [0.5, 0.6) is 0 Å². The number of alkyl halides is 3. The van der Waals surface area contributed by atoms with E-state index in [4.69, 9.17) is 39.5 Å². The van der Waals surface area contributed by atoms with Crippen molar-refractivity contribution in [3.8, 4) is 0 Å². The average Bonchev–Trinajstić information content (AvgIpc) is 2.56. The molecule has 1 aliphatic carbocycles. The Bertz CT molecular complexity index is 155. The lowest BCUT2D eigenvalue weighted by molar-refractivity contribution is 0.277. The summed E-state index contributed by atoms with van der Waals surface area (Å²) < 4.78 is 3.97. The van der Waals surface area contributed by atoms with Gasteiger partial charge < -0.3 is 4.74 Å². The highest BCUT2D eigenvalue weighted by atomic mass is 35.6. The zero-order valence-electron chi connectivity index (χ0n) is 5.24. The van der Waals surface area contributed by atoms with Crippen LogP contribution >= 0.6 is 34.8 Å². The Labute approximate surface area is 74.6 Å². The third kappa shape index (κ3) is 0.953. The molecule has 1 atom stereocenters. The molecule has 0 aromatic carbocycles. The van der Waals surface area contributed by atoms with Gasteiger partial charge in [0.1, 0.15) is 5.60 Å². The minimum atomic E-state index is -1.21. The summed E-state index contributed by atoms with van der Waals surface area (Å²) in [6.45, 7) is 0.619. The van der Waals surface area contributed by atoms with Crippen LogP contribution in [0.1, 0.15) is 12.8 Å². The molecule has 1 saturated heterocycles. The quantitative estimate of drug-likeness (QED) is 0.469. The molecule has 1 saturated carbocycles. The Morgan fingerprint density at radius 2 is 1.80 bits per heavy atom. The predicted molar refractivity (Wildman–Crippen MR) is 41.7 cm³/mol. The topological polar surface area (TPSA) is 12.5 Å². The number of epoxide rings is 1. The largest absolute Gasteiger partial charge is 0.365 e. The van der Waals surface area contributed by atoms with Crippen LogP contribution < -0.4 is 0 Å². The molecular formula is C6H7Cl3O. The normalized spacial score (nSPS) is 39.9. The van der Waals surface area contributed by atoms with Crippen LogP contribution in [0.3, 0.4) is 0 Å². The van der Waals surface area contributed by atoms with Crippen LogP contribution in [0, 0.1) is 5.92 Å². The summed E-state index contributed by atoms with van der Waals surface area (Å²) in [5.41, 5.74) is -0.405. The van der Waals surface area contributed by atoms with Crippen molar-refractivity contribution in [2.75, 3.05) is 6.61 Å². The first-order valence-electron chi connectivity index (χ1n) is 3.27. The summed E-state index contributed by atoms with van der Waals surface area (Å²) >= 11 is 17.2. The third-order valence-corrected chi connectivity index (χ3v) is 3.13. The minimum absolute atomic E-state index is 0.405. The van der Waals surface area contributed by atoms with Gasteiger partial charge in [0.05, 0.1) is 6.61 Å². The molecule has 0 spiro atoms. The van der Waals surface area contributed by atoms with Crippen LogP contribution in [-0.2, 0) is 4.74 Å². The Hall–Kier alpha value is 0.830. The maximum Gasteiger partial charge on any atom is 0.221 e. The van der Waals surface area contributed by atoms with E-state index in [9.17, 15) is 0 Å². The number of hydrogen-bond donors (Lipinski definition) is 0. The lowest BCUT2D eigenvalue weighted by Gasteiger charge is -2.19. The van der Waals surface area contributed by atoms with Crippen molar-refractivity contribution >= 4 is 34.8 Å². The Balaban J connectivity index is 2.13. The summed E-state index contributed by atoms with van der Waals surface area (Å²) in [6.07, 6.45) is 2.29. The Kier molecular flexibility index (Phi) is 1.46. The van der Waals surface area contributed by atoms with E-state index in [0.29, 0.717) is 12.5 Å². The first-order chi connectivity index (χ1) is 4.56. The smallest absolute Gasteiger partial charge is 0.221 e. The van der Waals surface area contributed by atoms with E-state index >= 15 is 0 Å². The van der Waals surface area contributed by atoms with E-state index in [1.807, 2.05) is 0 Å². The summed E-state index contributed by atoms with van der Waals surface area (Å²) in [6, 6.07) is 0. The van der Waals surface area contributed by atoms with Gasteiger partial charge in [-0.25, -0.2) is 0 Å². The number of ether oxygens (including phenoxy) is 1. The number of halogens is 3. The van der Waals surface area contributed by atoms with E-state index in [1.54, 1.807) is 0 Å². The fourth-order valence-electron chi connectivity index (χ4n) is 1.26. The Morgan fingerprint density at radius 3 is 1.90 bits per heavy atom. The van der Waals surface area contributed by atoms with Crippen LogP contribution in [0.25, 0.3) is 0 Å². The van der Waals surface area contributed by atoms with Gasteiger partial charge >= 0.3 is 0 Å². The van der Waals surface area contributed by atoms with Gasteiger partial charge in [0, 0.05) is 0 Å². The van der Waals surface area contributed by atoms with Gasteiger partial charge in [-0.05, 0) is 18.8 Å². The van der Waals surface area contributed by atoms with Crippen LogP contribution in [0.15, 0.2) is 0 Å². The minimum Gasteiger partial charge on any atom is -0.365 e. The van der Waals surface area contributed by atoms with Gasteiger partial charge in [-0.2, -0.15) is 0 Å². The van der Waals surface area contributed by atoms with E-state index in [0.717, 1.165) is 12.8 Å². The highest BCUT2D eigenvalue weighted by molar-refractivity contribution is 6.68. The standard InChI is InChI=1S/C6H7Cl3O/c7-6(8,9)5(3-10-5)4-1-2-4/h4H,1-3H2/t5-/m1/s1. The zero-order chi connectivity index (χ0) is 7.41. The lowest BCUT2D eigenvalue weighted by Crippen LogP contribution is -2.31. The molecule has 0 amide bonds. The molecule has 0 radical (unpaired) electrons. The number of rotatable bonds is 1. The van der Waals surface area contributed by atoms with Crippen molar-refractivity contribution in [3.63, 3.8) is 0 Å². The molecule has 1 aliphatic heterocycles. The van der Waals surface area contributed by atoms with E-state index in [2.05, 4.69) is 0 Å². The van der Waals surface area contributed by atoms with Gasteiger partial charge in [-0.1, -0.05) is 34.8 Å². The van der Waals surface area contributed by atoms with Gasteiger partial charge in [0.25, 0.3) is 0 Å². The second kappa shape index (κ2) is 1.95. The second-order valence-corrected chi connectivity index (χ2v) is 5.23. The molecule has 58 valence electrons. The molecule has 10 heavy (non-hydrogen) atoms. The fourth-order valence-corrected chi connectivity index (χ4v) is 2.05. The van der Waals surface area contributed by atoms with Crippen molar-refractivity contribution in [1.29, 1.82) is 0 Å². The van der Waals surface area contributed by atoms with Gasteiger partial charge in [-0.15, -0.1) is 0 Å². The maximum atomic E-state index is 5.73.